The van der Waals surface area contributed by atoms with Crippen LogP contribution >= 0.6 is 12.4 Å². The summed E-state index contributed by atoms with van der Waals surface area (Å²) in [6.07, 6.45) is 3.50. The van der Waals surface area contributed by atoms with Gasteiger partial charge in [0.25, 0.3) is 5.91 Å². The van der Waals surface area contributed by atoms with Gasteiger partial charge in [0.2, 0.25) is 0 Å². The topological polar surface area (TPSA) is 63.1 Å². The molecule has 0 saturated carbocycles. The van der Waals surface area contributed by atoms with Crippen LogP contribution in [0.3, 0.4) is 0 Å². The summed E-state index contributed by atoms with van der Waals surface area (Å²) in [5.74, 6) is -0.372. The van der Waals surface area contributed by atoms with E-state index in [-0.39, 0.29) is 30.2 Å². The van der Waals surface area contributed by atoms with E-state index in [2.05, 4.69) is 22.6 Å². The Morgan fingerprint density at radius 2 is 2.32 bits per heavy atom. The van der Waals surface area contributed by atoms with Crippen molar-refractivity contribution in [1.29, 1.82) is 0 Å². The average Bonchev–Trinajstić information content (AvgIpc) is 3.24. The van der Waals surface area contributed by atoms with Gasteiger partial charge in [0.15, 0.2) is 5.69 Å². The number of halogens is 2. The minimum Gasteiger partial charge on any atom is -0.333 e. The van der Waals surface area contributed by atoms with Crippen LogP contribution in [0.15, 0.2) is 30.5 Å². The van der Waals surface area contributed by atoms with E-state index < -0.39 is 0 Å². The number of aromatic nitrogens is 3. The van der Waals surface area contributed by atoms with E-state index in [0.29, 0.717) is 18.8 Å². The fourth-order valence-electron chi connectivity index (χ4n) is 3.04. The Hall–Kier alpha value is -1.99. The fourth-order valence-corrected chi connectivity index (χ4v) is 3.04. The molecule has 1 unspecified atom stereocenters. The maximum Gasteiger partial charge on any atom is 0.276 e. The van der Waals surface area contributed by atoms with Crippen molar-refractivity contribution in [1.82, 2.24) is 25.2 Å². The van der Waals surface area contributed by atoms with Gasteiger partial charge in [0, 0.05) is 19.1 Å². The number of carbonyl (C=O) groups is 1. The van der Waals surface area contributed by atoms with Crippen LogP contribution in [0.5, 0.6) is 0 Å². The van der Waals surface area contributed by atoms with E-state index in [9.17, 15) is 9.18 Å². The van der Waals surface area contributed by atoms with E-state index in [1.807, 2.05) is 11.0 Å². The van der Waals surface area contributed by atoms with E-state index >= 15 is 0 Å². The van der Waals surface area contributed by atoms with Crippen molar-refractivity contribution in [3.8, 4) is 0 Å². The highest BCUT2D eigenvalue weighted by atomic mass is 35.5. The SMILES string of the molecule is CCCN(C(=O)c1cn(Cc2cccc(F)c2)nn1)C1CCNC1.Cl. The first-order valence-corrected chi connectivity index (χ1v) is 8.33. The van der Waals surface area contributed by atoms with Crippen molar-refractivity contribution < 1.29 is 9.18 Å². The molecule has 1 amide bonds. The van der Waals surface area contributed by atoms with Crippen LogP contribution in [-0.2, 0) is 6.54 Å². The highest BCUT2D eigenvalue weighted by Crippen LogP contribution is 2.13. The maximum absolute atomic E-state index is 13.3. The Labute approximate surface area is 152 Å². The van der Waals surface area contributed by atoms with Gasteiger partial charge < -0.3 is 10.2 Å². The molecule has 1 saturated heterocycles. The second-order valence-corrected chi connectivity index (χ2v) is 6.08. The number of amides is 1. The van der Waals surface area contributed by atoms with E-state index in [1.54, 1.807) is 16.9 Å². The minimum atomic E-state index is -0.285. The third-order valence-electron chi connectivity index (χ3n) is 4.19. The predicted octanol–water partition coefficient (Wildman–Crippen LogP) is 2.10. The average molecular weight is 368 g/mol. The second-order valence-electron chi connectivity index (χ2n) is 6.08. The van der Waals surface area contributed by atoms with Crippen LogP contribution in [0.2, 0.25) is 0 Å². The van der Waals surface area contributed by atoms with Gasteiger partial charge in [0.05, 0.1) is 12.7 Å². The Morgan fingerprint density at radius 3 is 3.00 bits per heavy atom. The number of hydrogen-bond acceptors (Lipinski definition) is 4. The molecule has 2 aromatic rings. The fraction of sp³-hybridized carbons (Fsp3) is 0.471. The van der Waals surface area contributed by atoms with Gasteiger partial charge in [0.1, 0.15) is 5.82 Å². The zero-order valence-corrected chi connectivity index (χ0v) is 15.0. The van der Waals surface area contributed by atoms with Gasteiger partial charge in [-0.05, 0) is 37.1 Å². The Morgan fingerprint density at radius 1 is 1.48 bits per heavy atom. The normalized spacial score (nSPS) is 16.5. The van der Waals surface area contributed by atoms with Crippen LogP contribution in [0.25, 0.3) is 0 Å². The summed E-state index contributed by atoms with van der Waals surface area (Å²) in [5, 5.41) is 11.3. The first-order chi connectivity index (χ1) is 11.7. The first-order valence-electron chi connectivity index (χ1n) is 8.33. The summed E-state index contributed by atoms with van der Waals surface area (Å²) in [4.78, 5) is 14.6. The van der Waals surface area contributed by atoms with E-state index in [1.165, 1.54) is 12.1 Å². The second kappa shape index (κ2) is 8.92. The van der Waals surface area contributed by atoms with E-state index in [0.717, 1.165) is 31.5 Å². The first kappa shape index (κ1) is 19.3. The van der Waals surface area contributed by atoms with Crippen LogP contribution in [0.1, 0.15) is 35.8 Å². The van der Waals surface area contributed by atoms with Crippen LogP contribution in [0, 0.1) is 5.82 Å². The molecule has 3 rings (SSSR count). The summed E-state index contributed by atoms with van der Waals surface area (Å²) < 4.78 is 14.8. The molecule has 0 aliphatic carbocycles. The van der Waals surface area contributed by atoms with Crippen molar-refractivity contribution in [2.75, 3.05) is 19.6 Å². The smallest absolute Gasteiger partial charge is 0.276 e. The molecule has 1 atom stereocenters. The molecule has 1 aromatic heterocycles. The van der Waals surface area contributed by atoms with E-state index in [4.69, 9.17) is 0 Å². The Kier molecular flexibility index (Phi) is 6.90. The van der Waals surface area contributed by atoms with Crippen molar-refractivity contribution in [2.45, 2.75) is 32.4 Å². The molecule has 0 radical (unpaired) electrons. The van der Waals surface area contributed by atoms with Crippen molar-refractivity contribution >= 4 is 18.3 Å². The molecule has 136 valence electrons. The monoisotopic (exact) mass is 367 g/mol. The van der Waals surface area contributed by atoms with Gasteiger partial charge in [-0.3, -0.25) is 4.79 Å². The molecular weight excluding hydrogens is 345 g/mol. The minimum absolute atomic E-state index is 0. The van der Waals surface area contributed by atoms with Crippen molar-refractivity contribution in [2.24, 2.45) is 0 Å². The number of nitrogens with one attached hydrogen (secondary N) is 1. The van der Waals surface area contributed by atoms with Crippen molar-refractivity contribution in [3.63, 3.8) is 0 Å². The molecule has 1 fully saturated rings. The summed E-state index contributed by atoms with van der Waals surface area (Å²) in [6.45, 7) is 4.91. The molecule has 8 heteroatoms. The summed E-state index contributed by atoms with van der Waals surface area (Å²) in [5.41, 5.74) is 1.12. The number of hydrogen-bond donors (Lipinski definition) is 1. The van der Waals surface area contributed by atoms with Gasteiger partial charge >= 0.3 is 0 Å². The number of carbonyl (C=O) groups excluding carboxylic acids is 1. The lowest BCUT2D eigenvalue weighted by Gasteiger charge is -2.27. The van der Waals surface area contributed by atoms with Crippen LogP contribution in [-0.4, -0.2) is 51.5 Å². The predicted molar refractivity (Wildman–Crippen MR) is 95.4 cm³/mol. The maximum atomic E-state index is 13.3. The summed E-state index contributed by atoms with van der Waals surface area (Å²) in [6, 6.07) is 6.55. The molecule has 2 heterocycles. The molecule has 0 spiro atoms. The molecule has 1 N–H and O–H groups in total. The molecule has 1 aliphatic rings. The highest BCUT2D eigenvalue weighted by Gasteiger charge is 2.28. The molecule has 1 aliphatic heterocycles. The Balaban J connectivity index is 0.00000225. The largest absolute Gasteiger partial charge is 0.333 e. The lowest BCUT2D eigenvalue weighted by atomic mass is 10.2. The highest BCUT2D eigenvalue weighted by molar-refractivity contribution is 5.92. The lowest BCUT2D eigenvalue weighted by molar-refractivity contribution is 0.0686. The third-order valence-corrected chi connectivity index (χ3v) is 4.19. The van der Waals surface area contributed by atoms with Gasteiger partial charge in [-0.2, -0.15) is 0 Å². The Bertz CT molecular complexity index is 702. The summed E-state index contributed by atoms with van der Waals surface area (Å²) in [7, 11) is 0. The molecule has 0 bridgehead atoms. The standard InChI is InChI=1S/C17H22FN5O.ClH/c1-2-8-23(15-6-7-19-10-15)17(24)16-12-22(21-20-16)11-13-4-3-5-14(18)9-13;/h3-5,9,12,15,19H,2,6-8,10-11H2,1H3;1H. The third kappa shape index (κ3) is 4.76. The van der Waals surface area contributed by atoms with Crippen LogP contribution < -0.4 is 5.32 Å². The molecule has 25 heavy (non-hydrogen) atoms. The zero-order chi connectivity index (χ0) is 16.9. The molecular formula is C17H23ClFN5O. The quantitative estimate of drug-likeness (QED) is 0.849. The molecule has 1 aromatic carbocycles. The van der Waals surface area contributed by atoms with Gasteiger partial charge in [-0.15, -0.1) is 17.5 Å². The number of benzene rings is 1. The van der Waals surface area contributed by atoms with Crippen molar-refractivity contribution in [3.05, 3.63) is 47.5 Å². The van der Waals surface area contributed by atoms with Gasteiger partial charge in [-0.25, -0.2) is 9.07 Å². The lowest BCUT2D eigenvalue weighted by Crippen LogP contribution is -2.42. The number of rotatable bonds is 6. The van der Waals surface area contributed by atoms with Gasteiger partial charge in [-0.1, -0.05) is 24.3 Å². The molecule has 6 nitrogen and oxygen atoms in total. The summed E-state index contributed by atoms with van der Waals surface area (Å²) >= 11 is 0. The van der Waals surface area contributed by atoms with Crippen LogP contribution in [0.4, 0.5) is 4.39 Å². The number of nitrogens with zero attached hydrogens (tertiary/aromatic N) is 4. The zero-order valence-electron chi connectivity index (χ0n) is 14.2.